The van der Waals surface area contributed by atoms with Crippen molar-refractivity contribution in [1.29, 1.82) is 0 Å². The fourth-order valence-corrected chi connectivity index (χ4v) is 2.97. The van der Waals surface area contributed by atoms with Crippen LogP contribution >= 0.6 is 11.6 Å². The Bertz CT molecular complexity index is 1220. The Hall–Kier alpha value is -3.71. The normalized spacial score (nSPS) is 10.6. The van der Waals surface area contributed by atoms with Gasteiger partial charge in [0.05, 0.1) is 23.8 Å². The minimum Gasteiger partial charge on any atom is -0.453 e. The predicted octanol–water partition coefficient (Wildman–Crippen LogP) is 4.82. The van der Waals surface area contributed by atoms with E-state index < -0.39 is 11.4 Å². The van der Waals surface area contributed by atoms with Gasteiger partial charge in [-0.15, -0.1) is 0 Å². The zero-order valence-corrected chi connectivity index (χ0v) is 16.4. The molecule has 0 amide bonds. The van der Waals surface area contributed by atoms with E-state index in [2.05, 4.69) is 15.4 Å². The molecule has 4 rings (SSSR count). The van der Waals surface area contributed by atoms with Crippen LogP contribution in [0.3, 0.4) is 0 Å². The van der Waals surface area contributed by atoms with Gasteiger partial charge in [-0.2, -0.15) is 9.78 Å². The Morgan fingerprint density at radius 3 is 2.63 bits per heavy atom. The molecular formula is C22H16ClFN4O2. The average Bonchev–Trinajstić information content (AvgIpc) is 2.78. The van der Waals surface area contributed by atoms with Crippen molar-refractivity contribution >= 4 is 17.3 Å². The van der Waals surface area contributed by atoms with Crippen LogP contribution in [-0.4, -0.2) is 14.8 Å². The number of nitrogens with zero attached hydrogens (tertiary/aromatic N) is 3. The number of aromatic nitrogens is 3. The van der Waals surface area contributed by atoms with Crippen molar-refractivity contribution in [3.63, 3.8) is 0 Å². The first-order chi connectivity index (χ1) is 14.6. The Morgan fingerprint density at radius 2 is 1.90 bits per heavy atom. The average molecular weight is 423 g/mol. The fraction of sp³-hybridized carbons (Fsp3) is 0.0455. The maximum atomic E-state index is 14.4. The Kier molecular flexibility index (Phi) is 5.72. The third-order valence-corrected chi connectivity index (χ3v) is 4.63. The maximum absolute atomic E-state index is 14.4. The van der Waals surface area contributed by atoms with E-state index in [0.29, 0.717) is 22.7 Å². The van der Waals surface area contributed by atoms with Gasteiger partial charge in [-0.05, 0) is 42.0 Å². The smallest absolute Gasteiger partial charge is 0.292 e. The van der Waals surface area contributed by atoms with Gasteiger partial charge in [-0.25, -0.2) is 4.39 Å². The molecule has 0 aliphatic heterocycles. The van der Waals surface area contributed by atoms with Gasteiger partial charge in [0, 0.05) is 12.7 Å². The molecule has 0 fully saturated rings. The van der Waals surface area contributed by atoms with Crippen molar-refractivity contribution in [2.24, 2.45) is 0 Å². The van der Waals surface area contributed by atoms with Crippen molar-refractivity contribution in [1.82, 2.24) is 14.8 Å². The number of nitrogens with one attached hydrogen (secondary N) is 1. The van der Waals surface area contributed by atoms with Crippen LogP contribution in [0.5, 0.6) is 11.5 Å². The zero-order chi connectivity index (χ0) is 20.9. The SMILES string of the molecule is O=c1c(Cl)c(NCc2ccc(Oc3cccnc3)c(F)c2)cnn1-c1ccccc1. The Balaban J connectivity index is 1.48. The van der Waals surface area contributed by atoms with Gasteiger partial charge in [-0.1, -0.05) is 35.9 Å². The summed E-state index contributed by atoms with van der Waals surface area (Å²) in [5.41, 5.74) is 1.18. The zero-order valence-electron chi connectivity index (χ0n) is 15.6. The molecule has 2 aromatic carbocycles. The second-order valence-corrected chi connectivity index (χ2v) is 6.71. The fourth-order valence-electron chi connectivity index (χ4n) is 2.78. The molecule has 0 aliphatic rings. The molecule has 1 N–H and O–H groups in total. The maximum Gasteiger partial charge on any atom is 0.292 e. The van der Waals surface area contributed by atoms with E-state index >= 15 is 0 Å². The van der Waals surface area contributed by atoms with Gasteiger partial charge in [0.15, 0.2) is 11.6 Å². The van der Waals surface area contributed by atoms with Crippen LogP contribution in [0.25, 0.3) is 5.69 Å². The molecule has 2 aromatic heterocycles. The largest absolute Gasteiger partial charge is 0.453 e. The molecule has 0 saturated carbocycles. The quantitative estimate of drug-likeness (QED) is 0.482. The number of pyridine rings is 1. The number of benzene rings is 2. The molecule has 4 aromatic rings. The summed E-state index contributed by atoms with van der Waals surface area (Å²) in [4.78, 5) is 16.4. The first-order valence-corrected chi connectivity index (χ1v) is 9.43. The lowest BCUT2D eigenvalue weighted by molar-refractivity contribution is 0.440. The van der Waals surface area contributed by atoms with E-state index in [4.69, 9.17) is 16.3 Å². The highest BCUT2D eigenvalue weighted by Crippen LogP contribution is 2.25. The summed E-state index contributed by atoms with van der Waals surface area (Å²) < 4.78 is 21.1. The number of ether oxygens (including phenoxy) is 1. The lowest BCUT2D eigenvalue weighted by Gasteiger charge is -2.11. The van der Waals surface area contributed by atoms with Gasteiger partial charge in [0.1, 0.15) is 10.8 Å². The summed E-state index contributed by atoms with van der Waals surface area (Å²) in [7, 11) is 0. The first kappa shape index (κ1) is 19.6. The lowest BCUT2D eigenvalue weighted by atomic mass is 10.2. The first-order valence-electron chi connectivity index (χ1n) is 9.05. The molecule has 0 aliphatic carbocycles. The summed E-state index contributed by atoms with van der Waals surface area (Å²) in [6, 6.07) is 17.0. The van der Waals surface area contributed by atoms with Crippen molar-refractivity contribution in [3.8, 4) is 17.2 Å². The van der Waals surface area contributed by atoms with Crippen molar-refractivity contribution in [2.45, 2.75) is 6.54 Å². The van der Waals surface area contributed by atoms with Crippen LogP contribution in [0, 0.1) is 5.82 Å². The minimum absolute atomic E-state index is 0.00542. The number of anilines is 1. The van der Waals surface area contributed by atoms with E-state index in [1.54, 1.807) is 48.7 Å². The second kappa shape index (κ2) is 8.75. The van der Waals surface area contributed by atoms with Crippen LogP contribution in [0.4, 0.5) is 10.1 Å². The molecule has 0 radical (unpaired) electrons. The molecular weight excluding hydrogens is 407 g/mol. The molecule has 30 heavy (non-hydrogen) atoms. The summed E-state index contributed by atoms with van der Waals surface area (Å²) in [5.74, 6) is 0.0258. The standard InChI is InChI=1S/C22H16ClFN4O2/c23-21-19(14-27-28(22(21)29)16-5-2-1-3-6-16)26-12-15-8-9-20(18(24)11-15)30-17-7-4-10-25-13-17/h1-11,13-14,26H,12H2. The van der Waals surface area contributed by atoms with Crippen molar-refractivity contribution in [2.75, 3.05) is 5.32 Å². The van der Waals surface area contributed by atoms with Gasteiger partial charge in [-0.3, -0.25) is 9.78 Å². The molecule has 0 unspecified atom stereocenters. The molecule has 0 bridgehead atoms. The van der Waals surface area contributed by atoms with Crippen molar-refractivity contribution < 1.29 is 9.13 Å². The van der Waals surface area contributed by atoms with Crippen LogP contribution in [0.2, 0.25) is 5.02 Å². The lowest BCUT2D eigenvalue weighted by Crippen LogP contribution is -2.22. The van der Waals surface area contributed by atoms with E-state index in [-0.39, 0.29) is 17.3 Å². The van der Waals surface area contributed by atoms with Crippen LogP contribution in [0.1, 0.15) is 5.56 Å². The van der Waals surface area contributed by atoms with E-state index in [0.717, 1.165) is 0 Å². The number of hydrogen-bond donors (Lipinski definition) is 1. The second-order valence-electron chi connectivity index (χ2n) is 6.33. The Morgan fingerprint density at radius 1 is 1.07 bits per heavy atom. The van der Waals surface area contributed by atoms with Crippen molar-refractivity contribution in [3.05, 3.63) is 106 Å². The number of halogens is 2. The number of hydrogen-bond acceptors (Lipinski definition) is 5. The van der Waals surface area contributed by atoms with Gasteiger partial charge in [0.25, 0.3) is 5.56 Å². The minimum atomic E-state index is -0.512. The van der Waals surface area contributed by atoms with Crippen LogP contribution in [-0.2, 0) is 6.54 Å². The molecule has 6 nitrogen and oxygen atoms in total. The molecule has 2 heterocycles. The predicted molar refractivity (Wildman–Crippen MR) is 113 cm³/mol. The summed E-state index contributed by atoms with van der Waals surface area (Å²) in [5, 5.41) is 7.18. The number of rotatable bonds is 6. The topological polar surface area (TPSA) is 69.0 Å². The third kappa shape index (κ3) is 4.31. The monoisotopic (exact) mass is 422 g/mol. The van der Waals surface area contributed by atoms with E-state index in [9.17, 15) is 9.18 Å². The third-order valence-electron chi connectivity index (χ3n) is 4.26. The highest BCUT2D eigenvalue weighted by Gasteiger charge is 2.11. The molecule has 0 spiro atoms. The summed E-state index contributed by atoms with van der Waals surface area (Å²) >= 11 is 6.23. The van der Waals surface area contributed by atoms with Gasteiger partial charge in [0.2, 0.25) is 0 Å². The molecule has 150 valence electrons. The summed E-state index contributed by atoms with van der Waals surface area (Å²) in [6.45, 7) is 0.250. The summed E-state index contributed by atoms with van der Waals surface area (Å²) in [6.07, 6.45) is 4.57. The highest BCUT2D eigenvalue weighted by atomic mass is 35.5. The highest BCUT2D eigenvalue weighted by molar-refractivity contribution is 6.32. The molecule has 0 atom stereocenters. The molecule has 8 heteroatoms. The van der Waals surface area contributed by atoms with Crippen LogP contribution in [0.15, 0.2) is 84.0 Å². The number of para-hydroxylation sites is 1. The van der Waals surface area contributed by atoms with Gasteiger partial charge >= 0.3 is 0 Å². The van der Waals surface area contributed by atoms with Gasteiger partial charge < -0.3 is 10.1 Å². The van der Waals surface area contributed by atoms with Crippen LogP contribution < -0.4 is 15.6 Å². The van der Waals surface area contributed by atoms with E-state index in [1.165, 1.54) is 29.2 Å². The Labute approximate surface area is 176 Å². The molecule has 0 saturated heterocycles. The van der Waals surface area contributed by atoms with E-state index in [1.807, 2.05) is 6.07 Å².